The van der Waals surface area contributed by atoms with Crippen LogP contribution in [0, 0.1) is 17.0 Å². The van der Waals surface area contributed by atoms with Gasteiger partial charge in [-0.05, 0) is 62.5 Å². The van der Waals surface area contributed by atoms with Gasteiger partial charge in [-0.25, -0.2) is 4.98 Å². The fraction of sp³-hybridized carbons (Fsp3) is 0.450. The minimum atomic E-state index is -0.401. The minimum absolute atomic E-state index is 0.0721. The van der Waals surface area contributed by atoms with E-state index in [1.165, 1.54) is 12.1 Å². The first-order chi connectivity index (χ1) is 14.3. The highest BCUT2D eigenvalue weighted by Crippen LogP contribution is 2.23. The van der Waals surface area contributed by atoms with Crippen LogP contribution in [-0.2, 0) is 0 Å². The maximum atomic E-state index is 10.9. The van der Waals surface area contributed by atoms with E-state index in [4.69, 9.17) is 12.2 Å². The zero-order chi connectivity index (χ0) is 21.7. The molecule has 1 fully saturated rings. The molecule has 9 nitrogen and oxygen atoms in total. The Labute approximate surface area is 181 Å². The lowest BCUT2D eigenvalue weighted by molar-refractivity contribution is -0.384. The molecule has 0 amide bonds. The van der Waals surface area contributed by atoms with Crippen LogP contribution in [0.25, 0.3) is 0 Å². The van der Waals surface area contributed by atoms with Crippen LogP contribution in [-0.4, -0.2) is 46.2 Å². The second-order valence-electron chi connectivity index (χ2n) is 7.68. The summed E-state index contributed by atoms with van der Waals surface area (Å²) >= 11 is 5.44. The number of non-ortho nitro benzene ring substituents is 1. The number of nitrogens with one attached hydrogen (secondary N) is 3. The largest absolute Gasteiger partial charge is 0.363 e. The molecule has 1 aromatic heterocycles. The standard InChI is InChI=1S/C20H27N7O2S/c1-13-12-16(27(28)29)8-9-17(13)24-20(30)23-15-6-4-14(5-7-15)22-19-21-11-10-18(25-19)26(2)3/h8-12,14-15H,4-7H2,1-3H3,(H,21,22,25)(H2,23,24,30)/t14-,15+. The summed E-state index contributed by atoms with van der Waals surface area (Å²) in [5.41, 5.74) is 1.62. The van der Waals surface area contributed by atoms with Crippen molar-refractivity contribution in [2.45, 2.75) is 44.7 Å². The van der Waals surface area contributed by atoms with Crippen molar-refractivity contribution in [1.29, 1.82) is 0 Å². The van der Waals surface area contributed by atoms with Crippen molar-refractivity contribution < 1.29 is 4.92 Å². The summed E-state index contributed by atoms with van der Waals surface area (Å²) < 4.78 is 0. The fourth-order valence-electron chi connectivity index (χ4n) is 3.48. The molecule has 0 unspecified atom stereocenters. The van der Waals surface area contributed by atoms with Crippen molar-refractivity contribution >= 4 is 40.5 Å². The van der Waals surface area contributed by atoms with Gasteiger partial charge in [0, 0.05) is 50.2 Å². The van der Waals surface area contributed by atoms with E-state index in [1.807, 2.05) is 32.0 Å². The molecule has 0 radical (unpaired) electrons. The Bertz CT molecular complexity index is 914. The molecular weight excluding hydrogens is 402 g/mol. The van der Waals surface area contributed by atoms with E-state index >= 15 is 0 Å². The second-order valence-corrected chi connectivity index (χ2v) is 8.09. The predicted molar refractivity (Wildman–Crippen MR) is 123 cm³/mol. The molecule has 30 heavy (non-hydrogen) atoms. The summed E-state index contributed by atoms with van der Waals surface area (Å²) in [4.78, 5) is 21.3. The first-order valence-corrected chi connectivity index (χ1v) is 10.3. The Hall–Kier alpha value is -3.01. The number of nitrogens with zero attached hydrogens (tertiary/aromatic N) is 4. The molecule has 1 heterocycles. The Morgan fingerprint density at radius 1 is 1.20 bits per heavy atom. The lowest BCUT2D eigenvalue weighted by Crippen LogP contribution is -2.42. The van der Waals surface area contributed by atoms with Gasteiger partial charge >= 0.3 is 0 Å². The summed E-state index contributed by atoms with van der Waals surface area (Å²) in [5, 5.41) is 21.3. The van der Waals surface area contributed by atoms with Crippen molar-refractivity contribution in [3.8, 4) is 0 Å². The highest BCUT2D eigenvalue weighted by molar-refractivity contribution is 7.80. The maximum absolute atomic E-state index is 10.9. The van der Waals surface area contributed by atoms with Crippen molar-refractivity contribution in [2.24, 2.45) is 0 Å². The number of nitro benzene ring substituents is 1. The van der Waals surface area contributed by atoms with Gasteiger partial charge in [0.05, 0.1) is 4.92 Å². The second kappa shape index (κ2) is 9.66. The van der Waals surface area contributed by atoms with E-state index in [1.54, 1.807) is 12.3 Å². The van der Waals surface area contributed by atoms with E-state index in [2.05, 4.69) is 25.9 Å². The maximum Gasteiger partial charge on any atom is 0.269 e. The van der Waals surface area contributed by atoms with Crippen molar-refractivity contribution in [3.05, 3.63) is 46.1 Å². The molecule has 1 saturated carbocycles. The van der Waals surface area contributed by atoms with Gasteiger partial charge in [-0.1, -0.05) is 0 Å². The van der Waals surface area contributed by atoms with Crippen LogP contribution in [0.3, 0.4) is 0 Å². The summed E-state index contributed by atoms with van der Waals surface area (Å²) in [6.45, 7) is 1.82. The third kappa shape index (κ3) is 5.76. The number of nitro groups is 1. The summed E-state index contributed by atoms with van der Waals surface area (Å²) in [6, 6.07) is 7.20. The molecule has 10 heteroatoms. The van der Waals surface area contributed by atoms with Gasteiger partial charge in [0.15, 0.2) is 5.11 Å². The monoisotopic (exact) mass is 429 g/mol. The topological polar surface area (TPSA) is 108 Å². The summed E-state index contributed by atoms with van der Waals surface area (Å²) in [6.07, 6.45) is 5.71. The van der Waals surface area contributed by atoms with Gasteiger partial charge in [-0.2, -0.15) is 4.98 Å². The number of aromatic nitrogens is 2. The number of rotatable bonds is 6. The summed E-state index contributed by atoms with van der Waals surface area (Å²) in [5.74, 6) is 1.53. The molecule has 0 spiro atoms. The van der Waals surface area contributed by atoms with Gasteiger partial charge < -0.3 is 20.9 Å². The zero-order valence-electron chi connectivity index (χ0n) is 17.4. The van der Waals surface area contributed by atoms with Crippen LogP contribution in [0.5, 0.6) is 0 Å². The molecular formula is C20H27N7O2S. The van der Waals surface area contributed by atoms with Crippen LogP contribution < -0.4 is 20.9 Å². The van der Waals surface area contributed by atoms with E-state index < -0.39 is 4.92 Å². The highest BCUT2D eigenvalue weighted by atomic mass is 32.1. The lowest BCUT2D eigenvalue weighted by atomic mass is 9.91. The number of hydrogen-bond donors (Lipinski definition) is 3. The third-order valence-corrected chi connectivity index (χ3v) is 5.38. The molecule has 3 rings (SSSR count). The van der Waals surface area contributed by atoms with Crippen LogP contribution in [0.1, 0.15) is 31.2 Å². The molecule has 0 atom stereocenters. The lowest BCUT2D eigenvalue weighted by Gasteiger charge is -2.30. The molecule has 2 aromatic rings. The smallest absolute Gasteiger partial charge is 0.269 e. The minimum Gasteiger partial charge on any atom is -0.363 e. The number of hydrogen-bond acceptors (Lipinski definition) is 7. The Morgan fingerprint density at radius 2 is 1.90 bits per heavy atom. The van der Waals surface area contributed by atoms with Crippen LogP contribution >= 0.6 is 12.2 Å². The molecule has 0 aliphatic heterocycles. The Morgan fingerprint density at radius 3 is 2.53 bits per heavy atom. The Kier molecular flexibility index (Phi) is 6.99. The van der Waals surface area contributed by atoms with E-state index in [9.17, 15) is 10.1 Å². The van der Waals surface area contributed by atoms with Crippen LogP contribution in [0.4, 0.5) is 23.1 Å². The van der Waals surface area contributed by atoms with Crippen molar-refractivity contribution in [1.82, 2.24) is 15.3 Å². The predicted octanol–water partition coefficient (Wildman–Crippen LogP) is 3.47. The molecule has 1 aliphatic rings. The fourth-order valence-corrected chi connectivity index (χ4v) is 3.75. The quantitative estimate of drug-likeness (QED) is 0.361. The van der Waals surface area contributed by atoms with Crippen molar-refractivity contribution in [3.63, 3.8) is 0 Å². The van der Waals surface area contributed by atoms with Gasteiger partial charge in [-0.15, -0.1) is 0 Å². The molecule has 3 N–H and O–H groups in total. The molecule has 0 saturated heterocycles. The van der Waals surface area contributed by atoms with Crippen LogP contribution in [0.15, 0.2) is 30.5 Å². The number of aryl methyl sites for hydroxylation is 1. The third-order valence-electron chi connectivity index (χ3n) is 5.16. The van der Waals surface area contributed by atoms with Crippen LogP contribution in [0.2, 0.25) is 0 Å². The summed E-state index contributed by atoms with van der Waals surface area (Å²) in [7, 11) is 3.91. The molecule has 1 aliphatic carbocycles. The van der Waals surface area contributed by atoms with E-state index in [0.29, 0.717) is 17.1 Å². The molecule has 1 aromatic carbocycles. The Balaban J connectivity index is 1.47. The van der Waals surface area contributed by atoms with E-state index in [-0.39, 0.29) is 11.7 Å². The molecule has 160 valence electrons. The highest BCUT2D eigenvalue weighted by Gasteiger charge is 2.22. The van der Waals surface area contributed by atoms with Gasteiger partial charge in [0.1, 0.15) is 5.82 Å². The average molecular weight is 430 g/mol. The first-order valence-electron chi connectivity index (χ1n) is 9.91. The zero-order valence-corrected chi connectivity index (χ0v) is 18.2. The van der Waals surface area contributed by atoms with Gasteiger partial charge in [0.25, 0.3) is 5.69 Å². The first kappa shape index (κ1) is 21.7. The number of anilines is 3. The number of thiocarbonyl (C=S) groups is 1. The number of benzene rings is 1. The van der Waals surface area contributed by atoms with Gasteiger partial charge in [-0.3, -0.25) is 10.1 Å². The molecule has 0 bridgehead atoms. The van der Waals surface area contributed by atoms with Crippen molar-refractivity contribution in [2.75, 3.05) is 29.6 Å². The van der Waals surface area contributed by atoms with Gasteiger partial charge in [0.2, 0.25) is 5.95 Å². The average Bonchev–Trinajstić information content (AvgIpc) is 2.71. The SMILES string of the molecule is Cc1cc([N+](=O)[O-])ccc1NC(=S)N[C@H]1CC[C@@H](Nc2nccc(N(C)C)n2)CC1. The normalized spacial score (nSPS) is 18.4. The van der Waals surface area contributed by atoms with E-state index in [0.717, 1.165) is 42.8 Å².